The molecule has 1 saturated carbocycles. The number of piperidine rings is 1. The van der Waals surface area contributed by atoms with Crippen molar-refractivity contribution in [3.05, 3.63) is 0 Å². The molecule has 19 heavy (non-hydrogen) atoms. The molecule has 4 nitrogen and oxygen atoms in total. The van der Waals surface area contributed by atoms with Gasteiger partial charge in [0.1, 0.15) is 0 Å². The summed E-state index contributed by atoms with van der Waals surface area (Å²) in [7, 11) is 0. The zero-order valence-electron chi connectivity index (χ0n) is 11.9. The molecule has 2 N–H and O–H groups in total. The Morgan fingerprint density at radius 1 is 1.11 bits per heavy atom. The molecule has 1 heterocycles. The summed E-state index contributed by atoms with van der Waals surface area (Å²) in [6, 6.07) is 0.530. The molecule has 1 saturated heterocycles. The van der Waals surface area contributed by atoms with E-state index in [1.165, 1.54) is 64.6 Å². The maximum absolute atomic E-state index is 10.5. The Morgan fingerprint density at radius 2 is 1.79 bits per heavy atom. The van der Waals surface area contributed by atoms with E-state index in [-0.39, 0.29) is 6.42 Å². The van der Waals surface area contributed by atoms with Crippen LogP contribution in [0.1, 0.15) is 51.4 Å². The van der Waals surface area contributed by atoms with Crippen molar-refractivity contribution in [1.82, 2.24) is 10.2 Å². The average molecular weight is 268 g/mol. The van der Waals surface area contributed by atoms with Crippen LogP contribution in [0, 0.1) is 5.92 Å². The maximum atomic E-state index is 10.5. The van der Waals surface area contributed by atoms with Gasteiger partial charge in [0.2, 0.25) is 0 Å². The number of likely N-dealkylation sites (tertiary alicyclic amines) is 1. The summed E-state index contributed by atoms with van der Waals surface area (Å²) in [6.45, 7) is 4.27. The number of nitrogens with one attached hydrogen (secondary N) is 1. The van der Waals surface area contributed by atoms with E-state index in [9.17, 15) is 4.79 Å². The molecule has 0 aromatic carbocycles. The largest absolute Gasteiger partial charge is 0.481 e. The molecule has 0 aromatic rings. The van der Waals surface area contributed by atoms with Crippen LogP contribution < -0.4 is 5.32 Å². The minimum absolute atomic E-state index is 0.238. The van der Waals surface area contributed by atoms with Crippen LogP contribution in [0.25, 0.3) is 0 Å². The van der Waals surface area contributed by atoms with E-state index in [0.717, 1.165) is 5.92 Å². The maximum Gasteiger partial charge on any atom is 0.304 e. The molecule has 0 aromatic heterocycles. The van der Waals surface area contributed by atoms with E-state index in [1.807, 2.05) is 0 Å². The zero-order chi connectivity index (χ0) is 13.5. The molecular weight excluding hydrogens is 240 g/mol. The first-order chi connectivity index (χ1) is 9.24. The Labute approximate surface area is 116 Å². The van der Waals surface area contributed by atoms with Gasteiger partial charge in [-0.25, -0.2) is 0 Å². The van der Waals surface area contributed by atoms with Crippen LogP contribution in [0.2, 0.25) is 0 Å². The molecule has 110 valence electrons. The first-order valence-electron chi connectivity index (χ1n) is 7.91. The van der Waals surface area contributed by atoms with E-state index in [4.69, 9.17) is 5.11 Å². The first-order valence-corrected chi connectivity index (χ1v) is 7.91. The van der Waals surface area contributed by atoms with Crippen LogP contribution >= 0.6 is 0 Å². The Morgan fingerprint density at radius 3 is 2.42 bits per heavy atom. The Bertz CT molecular complexity index is 269. The summed E-state index contributed by atoms with van der Waals surface area (Å²) >= 11 is 0. The molecule has 0 bridgehead atoms. The Kier molecular flexibility index (Phi) is 6.11. The molecule has 1 aliphatic carbocycles. The normalized spacial score (nSPS) is 23.6. The second-order valence-electron chi connectivity index (χ2n) is 6.18. The molecule has 0 atom stereocenters. The minimum Gasteiger partial charge on any atom is -0.481 e. The highest BCUT2D eigenvalue weighted by molar-refractivity contribution is 5.66. The van der Waals surface area contributed by atoms with Crippen molar-refractivity contribution < 1.29 is 9.90 Å². The van der Waals surface area contributed by atoms with Gasteiger partial charge in [-0.2, -0.15) is 0 Å². The molecule has 0 radical (unpaired) electrons. The fraction of sp³-hybridized carbons (Fsp3) is 0.933. The van der Waals surface area contributed by atoms with Crippen LogP contribution in [0.5, 0.6) is 0 Å². The van der Waals surface area contributed by atoms with Crippen LogP contribution in [0.3, 0.4) is 0 Å². The lowest BCUT2D eigenvalue weighted by Gasteiger charge is -2.35. The third-order valence-corrected chi connectivity index (χ3v) is 4.60. The van der Waals surface area contributed by atoms with E-state index >= 15 is 0 Å². The summed E-state index contributed by atoms with van der Waals surface area (Å²) < 4.78 is 0. The Balaban J connectivity index is 1.58. The zero-order valence-corrected chi connectivity index (χ0v) is 11.9. The second-order valence-corrected chi connectivity index (χ2v) is 6.18. The van der Waals surface area contributed by atoms with Crippen molar-refractivity contribution in [3.8, 4) is 0 Å². The summed E-state index contributed by atoms with van der Waals surface area (Å²) in [5.74, 6) is 0.229. The Hall–Kier alpha value is -0.610. The first kappa shape index (κ1) is 14.8. The fourth-order valence-electron chi connectivity index (χ4n) is 3.44. The van der Waals surface area contributed by atoms with Crippen molar-refractivity contribution in [3.63, 3.8) is 0 Å². The quantitative estimate of drug-likeness (QED) is 0.774. The molecule has 4 heteroatoms. The number of hydrogen-bond donors (Lipinski definition) is 2. The lowest BCUT2D eigenvalue weighted by atomic mass is 9.88. The smallest absolute Gasteiger partial charge is 0.304 e. The van der Waals surface area contributed by atoms with Crippen molar-refractivity contribution in [2.45, 2.75) is 57.4 Å². The minimum atomic E-state index is -0.706. The van der Waals surface area contributed by atoms with Crippen molar-refractivity contribution in [2.24, 2.45) is 5.92 Å². The van der Waals surface area contributed by atoms with Gasteiger partial charge in [0.15, 0.2) is 0 Å². The van der Waals surface area contributed by atoms with E-state index < -0.39 is 5.97 Å². The van der Waals surface area contributed by atoms with Gasteiger partial charge in [-0.05, 0) is 44.7 Å². The number of carbonyl (C=O) groups is 1. The van der Waals surface area contributed by atoms with Gasteiger partial charge >= 0.3 is 5.97 Å². The SMILES string of the molecule is O=C(O)CCNC1CCN(CC2CCCCC2)CC1. The third kappa shape index (κ3) is 5.49. The van der Waals surface area contributed by atoms with Gasteiger partial charge < -0.3 is 15.3 Å². The van der Waals surface area contributed by atoms with Crippen molar-refractivity contribution >= 4 is 5.97 Å². The number of rotatable bonds is 6. The summed E-state index contributed by atoms with van der Waals surface area (Å²) in [4.78, 5) is 13.1. The molecule has 2 fully saturated rings. The highest BCUT2D eigenvalue weighted by Crippen LogP contribution is 2.25. The van der Waals surface area contributed by atoms with Gasteiger partial charge in [-0.1, -0.05) is 19.3 Å². The highest BCUT2D eigenvalue weighted by Gasteiger charge is 2.22. The van der Waals surface area contributed by atoms with Crippen LogP contribution in [0.4, 0.5) is 0 Å². The molecule has 0 unspecified atom stereocenters. The highest BCUT2D eigenvalue weighted by atomic mass is 16.4. The summed E-state index contributed by atoms with van der Waals surface area (Å²) in [5, 5.41) is 12.0. The van der Waals surface area contributed by atoms with E-state index in [2.05, 4.69) is 10.2 Å². The molecule has 1 aliphatic heterocycles. The number of nitrogens with zero attached hydrogens (tertiary/aromatic N) is 1. The number of aliphatic carboxylic acids is 1. The topological polar surface area (TPSA) is 52.6 Å². The summed E-state index contributed by atoms with van der Waals surface area (Å²) in [5.41, 5.74) is 0. The van der Waals surface area contributed by atoms with Gasteiger partial charge in [-0.15, -0.1) is 0 Å². The predicted octanol–water partition coefficient (Wildman–Crippen LogP) is 2.10. The standard InChI is InChI=1S/C15H28N2O2/c18-15(19)6-9-16-14-7-10-17(11-8-14)12-13-4-2-1-3-5-13/h13-14,16H,1-12H2,(H,18,19). The average Bonchev–Trinajstić information content (AvgIpc) is 2.42. The van der Waals surface area contributed by atoms with Gasteiger partial charge in [0, 0.05) is 19.1 Å². The van der Waals surface area contributed by atoms with Gasteiger partial charge in [0.25, 0.3) is 0 Å². The van der Waals surface area contributed by atoms with E-state index in [0.29, 0.717) is 12.6 Å². The van der Waals surface area contributed by atoms with Crippen molar-refractivity contribution in [1.29, 1.82) is 0 Å². The third-order valence-electron chi connectivity index (χ3n) is 4.60. The number of carboxylic acid groups (broad SMARTS) is 1. The number of carboxylic acids is 1. The fourth-order valence-corrected chi connectivity index (χ4v) is 3.44. The van der Waals surface area contributed by atoms with Crippen molar-refractivity contribution in [2.75, 3.05) is 26.2 Å². The lowest BCUT2D eigenvalue weighted by molar-refractivity contribution is -0.136. The monoisotopic (exact) mass is 268 g/mol. The molecular formula is C15H28N2O2. The lowest BCUT2D eigenvalue weighted by Crippen LogP contribution is -2.44. The molecule has 2 aliphatic rings. The molecule has 2 rings (SSSR count). The summed E-state index contributed by atoms with van der Waals surface area (Å²) in [6.07, 6.45) is 9.73. The van der Waals surface area contributed by atoms with Gasteiger partial charge in [-0.3, -0.25) is 4.79 Å². The van der Waals surface area contributed by atoms with Crippen LogP contribution in [0.15, 0.2) is 0 Å². The van der Waals surface area contributed by atoms with Crippen LogP contribution in [-0.4, -0.2) is 48.2 Å². The van der Waals surface area contributed by atoms with E-state index in [1.54, 1.807) is 0 Å². The van der Waals surface area contributed by atoms with Crippen LogP contribution in [-0.2, 0) is 4.79 Å². The molecule has 0 spiro atoms. The van der Waals surface area contributed by atoms with Gasteiger partial charge in [0.05, 0.1) is 6.42 Å². The second kappa shape index (κ2) is 7.85. The predicted molar refractivity (Wildman–Crippen MR) is 76.3 cm³/mol. The number of hydrogen-bond acceptors (Lipinski definition) is 3. The molecule has 0 amide bonds.